The van der Waals surface area contributed by atoms with E-state index in [1.165, 1.54) is 12.2 Å². The van der Waals surface area contributed by atoms with Gasteiger partial charge < -0.3 is 10.2 Å². The maximum atomic E-state index is 12.8. The average molecular weight is 1010 g/mol. The van der Waals surface area contributed by atoms with Crippen molar-refractivity contribution in [2.75, 3.05) is 0 Å². The van der Waals surface area contributed by atoms with Gasteiger partial charge in [0.2, 0.25) is 0 Å². The van der Waals surface area contributed by atoms with Crippen molar-refractivity contribution < 1.29 is 29.4 Å². The van der Waals surface area contributed by atoms with E-state index >= 15 is 0 Å². The third-order valence-electron chi connectivity index (χ3n) is 10.5. The summed E-state index contributed by atoms with van der Waals surface area (Å²) in [6.45, 7) is 0. The van der Waals surface area contributed by atoms with Gasteiger partial charge in [-0.3, -0.25) is 49.1 Å². The van der Waals surface area contributed by atoms with Crippen LogP contribution in [0.1, 0.15) is 86.3 Å². The minimum absolute atomic E-state index is 0.00399. The van der Waals surface area contributed by atoms with Gasteiger partial charge in [0, 0.05) is 118 Å². The first-order valence-corrected chi connectivity index (χ1v) is 22.9. The average Bonchev–Trinajstić information content (AvgIpc) is 3.42. The lowest BCUT2D eigenvalue weighted by atomic mass is 9.98. The van der Waals surface area contributed by atoms with Gasteiger partial charge >= 0.3 is 0 Å². The maximum absolute atomic E-state index is 12.8. The van der Waals surface area contributed by atoms with E-state index in [0.717, 1.165) is 0 Å². The molecule has 0 aliphatic carbocycles. The Labute approximate surface area is 428 Å². The van der Waals surface area contributed by atoms with Crippen LogP contribution in [0, 0.1) is 0 Å². The number of aliphatic hydroxyl groups excluding tert-OH is 2. The number of halogens is 3. The number of benzene rings is 3. The SMILES string of the molecule is O=C(Cc1ncccc1C(=O)c1ccccc1Cl)c1ccncc1.O=C(c1ccccc1Cl)c1cccnc1/C=C(/O)c1ccncc1.O=C(c1ccccc1Cl)c1cccnc1/C=C(\O)c1ccncc1. The number of nitrogens with zero attached hydrogens (tertiary/aromatic N) is 6. The molecule has 12 nitrogen and oxygen atoms in total. The molecule has 72 heavy (non-hydrogen) atoms. The van der Waals surface area contributed by atoms with Crippen LogP contribution in [0.2, 0.25) is 15.1 Å². The van der Waals surface area contributed by atoms with Gasteiger partial charge in [-0.15, -0.1) is 0 Å². The van der Waals surface area contributed by atoms with Crippen LogP contribution >= 0.6 is 34.8 Å². The Morgan fingerprint density at radius 2 is 0.694 bits per heavy atom. The maximum Gasteiger partial charge on any atom is 0.196 e. The summed E-state index contributed by atoms with van der Waals surface area (Å²) in [5, 5.41) is 21.6. The molecular formula is C57H39Cl3N6O6. The van der Waals surface area contributed by atoms with Crippen LogP contribution in [0.25, 0.3) is 23.7 Å². The standard InChI is InChI=1S/3C19H13ClN2O2/c3*20-16-6-2-1-4-14(16)19(24)15-5-3-9-22-17(15)12-18(23)13-7-10-21-11-8-13/h1-11H,12H2;2*1-12,23H/b;18-12+;18-12-. The first-order chi connectivity index (χ1) is 35.0. The van der Waals surface area contributed by atoms with E-state index < -0.39 is 0 Å². The Bertz CT molecular complexity index is 3280. The van der Waals surface area contributed by atoms with Crippen molar-refractivity contribution in [1.82, 2.24) is 29.9 Å². The second kappa shape index (κ2) is 25.2. The molecule has 354 valence electrons. The highest BCUT2D eigenvalue weighted by molar-refractivity contribution is 6.36. The van der Waals surface area contributed by atoms with E-state index in [1.54, 1.807) is 201 Å². The van der Waals surface area contributed by atoms with Crippen molar-refractivity contribution in [3.8, 4) is 0 Å². The number of aliphatic hydroxyl groups is 2. The van der Waals surface area contributed by atoms with Crippen LogP contribution in [-0.4, -0.2) is 63.2 Å². The Hall–Kier alpha value is -8.81. The smallest absolute Gasteiger partial charge is 0.196 e. The summed E-state index contributed by atoms with van der Waals surface area (Å²) in [6.07, 6.45) is 17.1. The third kappa shape index (κ3) is 13.3. The van der Waals surface area contributed by atoms with Crippen LogP contribution < -0.4 is 0 Å². The summed E-state index contributed by atoms with van der Waals surface area (Å²) in [5.41, 5.74) is 5.19. The Kier molecular flexibility index (Phi) is 17.8. The first-order valence-electron chi connectivity index (χ1n) is 21.8. The molecule has 0 radical (unpaired) electrons. The zero-order valence-electron chi connectivity index (χ0n) is 37.8. The number of Topliss-reactive ketones (excluding diaryl/α,β-unsaturated/α-hetero) is 1. The summed E-state index contributed by atoms with van der Waals surface area (Å²) >= 11 is 18.3. The number of pyridine rings is 6. The predicted molar refractivity (Wildman–Crippen MR) is 279 cm³/mol. The van der Waals surface area contributed by atoms with E-state index in [0.29, 0.717) is 82.2 Å². The molecule has 0 unspecified atom stereocenters. The molecule has 9 rings (SSSR count). The summed E-state index contributed by atoms with van der Waals surface area (Å²) in [5.74, 6) is -0.853. The van der Waals surface area contributed by atoms with Gasteiger partial charge in [-0.1, -0.05) is 71.2 Å². The molecule has 0 spiro atoms. The highest BCUT2D eigenvalue weighted by Crippen LogP contribution is 2.25. The molecule has 0 aliphatic rings. The quantitative estimate of drug-likeness (QED) is 0.0823. The van der Waals surface area contributed by atoms with Gasteiger partial charge in [0.15, 0.2) is 23.1 Å². The lowest BCUT2D eigenvalue weighted by Gasteiger charge is -2.08. The highest BCUT2D eigenvalue weighted by atomic mass is 35.5. The van der Waals surface area contributed by atoms with Gasteiger partial charge in [0.1, 0.15) is 11.5 Å². The van der Waals surface area contributed by atoms with Crippen molar-refractivity contribution in [3.05, 3.63) is 284 Å². The fourth-order valence-electron chi connectivity index (χ4n) is 6.87. The molecule has 3 aromatic carbocycles. The van der Waals surface area contributed by atoms with Gasteiger partial charge in [-0.2, -0.15) is 0 Å². The fourth-order valence-corrected chi connectivity index (χ4v) is 7.53. The van der Waals surface area contributed by atoms with E-state index in [1.807, 2.05) is 0 Å². The molecule has 0 aliphatic heterocycles. The van der Waals surface area contributed by atoms with Gasteiger partial charge in [0.05, 0.1) is 38.6 Å². The van der Waals surface area contributed by atoms with Crippen molar-refractivity contribution >= 4 is 81.6 Å². The number of aromatic nitrogens is 6. The topological polar surface area (TPSA) is 186 Å². The van der Waals surface area contributed by atoms with Crippen molar-refractivity contribution in [2.45, 2.75) is 6.42 Å². The zero-order valence-corrected chi connectivity index (χ0v) is 40.0. The minimum Gasteiger partial charge on any atom is -0.507 e. The minimum atomic E-state index is -0.248. The fraction of sp³-hybridized carbons (Fsp3) is 0.0175. The molecule has 0 saturated carbocycles. The van der Waals surface area contributed by atoms with E-state index in [4.69, 9.17) is 34.8 Å². The summed E-state index contributed by atoms with van der Waals surface area (Å²) in [6, 6.07) is 40.4. The summed E-state index contributed by atoms with van der Waals surface area (Å²) < 4.78 is 0. The molecule has 0 saturated heterocycles. The molecule has 0 fully saturated rings. The predicted octanol–water partition coefficient (Wildman–Crippen LogP) is 12.6. The van der Waals surface area contributed by atoms with Crippen molar-refractivity contribution in [3.63, 3.8) is 0 Å². The van der Waals surface area contributed by atoms with Crippen LogP contribution in [0.15, 0.2) is 201 Å². The van der Waals surface area contributed by atoms with Crippen LogP contribution in [-0.2, 0) is 6.42 Å². The Morgan fingerprint density at radius 3 is 1.08 bits per heavy atom. The second-order valence-electron chi connectivity index (χ2n) is 15.2. The molecule has 2 N–H and O–H groups in total. The summed E-state index contributed by atoms with van der Waals surface area (Å²) in [4.78, 5) is 75.0. The molecule has 0 atom stereocenters. The molecule has 0 bridgehead atoms. The van der Waals surface area contributed by atoms with Gasteiger partial charge in [-0.05, 0) is 109 Å². The Balaban J connectivity index is 0.000000158. The van der Waals surface area contributed by atoms with Gasteiger partial charge in [0.25, 0.3) is 0 Å². The molecular weight excluding hydrogens is 971 g/mol. The van der Waals surface area contributed by atoms with E-state index in [9.17, 15) is 29.4 Å². The zero-order chi connectivity index (χ0) is 50.8. The van der Waals surface area contributed by atoms with Crippen molar-refractivity contribution in [2.24, 2.45) is 0 Å². The third-order valence-corrected chi connectivity index (χ3v) is 11.5. The molecule has 0 amide bonds. The molecule has 9 aromatic rings. The number of carbonyl (C=O) groups is 4. The normalized spacial score (nSPS) is 11.0. The first kappa shape index (κ1) is 51.1. The largest absolute Gasteiger partial charge is 0.507 e. The Morgan fingerprint density at radius 1 is 0.375 bits per heavy atom. The number of rotatable bonds is 13. The molecule has 6 heterocycles. The second-order valence-corrected chi connectivity index (χ2v) is 16.4. The van der Waals surface area contributed by atoms with Crippen LogP contribution in [0.5, 0.6) is 0 Å². The lowest BCUT2D eigenvalue weighted by molar-refractivity contribution is 0.0988. The lowest BCUT2D eigenvalue weighted by Crippen LogP contribution is -2.12. The molecule has 6 aromatic heterocycles. The number of ketones is 4. The number of hydrogen-bond donors (Lipinski definition) is 2. The van der Waals surface area contributed by atoms with Crippen LogP contribution in [0.4, 0.5) is 0 Å². The van der Waals surface area contributed by atoms with E-state index in [2.05, 4.69) is 29.9 Å². The highest BCUT2D eigenvalue weighted by Gasteiger charge is 2.20. The monoisotopic (exact) mass is 1010 g/mol. The molecule has 15 heteroatoms. The van der Waals surface area contributed by atoms with E-state index in [-0.39, 0.29) is 41.1 Å². The number of hydrogen-bond acceptors (Lipinski definition) is 12. The van der Waals surface area contributed by atoms with Gasteiger partial charge in [-0.25, -0.2) is 0 Å². The van der Waals surface area contributed by atoms with Crippen LogP contribution in [0.3, 0.4) is 0 Å². The summed E-state index contributed by atoms with van der Waals surface area (Å²) in [7, 11) is 0. The number of carbonyl (C=O) groups excluding carboxylic acids is 4. The van der Waals surface area contributed by atoms with Crippen molar-refractivity contribution in [1.29, 1.82) is 0 Å².